The fourth-order valence-electron chi connectivity index (χ4n) is 4.48. The zero-order valence-electron chi connectivity index (χ0n) is 13.1. The molecule has 20 heavy (non-hydrogen) atoms. The number of aryl methyl sites for hydroxylation is 1. The topological polar surface area (TPSA) is 26.0 Å². The van der Waals surface area contributed by atoms with E-state index >= 15 is 0 Å². The van der Waals surface area contributed by atoms with Crippen LogP contribution >= 0.6 is 0 Å². The standard InChI is InChI=1S/C17H25F2N/c1-11-6-7-12(18)13(14(11)19)17(20)9-15(2,3)8-16(4,5)10-17/h6-7H,8-10,20H2,1-5H3. The smallest absolute Gasteiger partial charge is 0.134 e. The third kappa shape index (κ3) is 2.73. The summed E-state index contributed by atoms with van der Waals surface area (Å²) in [5, 5.41) is 0. The quantitative estimate of drug-likeness (QED) is 0.795. The lowest BCUT2D eigenvalue weighted by atomic mass is 9.57. The molecule has 0 amide bonds. The Morgan fingerprint density at radius 3 is 1.95 bits per heavy atom. The van der Waals surface area contributed by atoms with Gasteiger partial charge in [-0.2, -0.15) is 0 Å². The molecular weight excluding hydrogens is 256 g/mol. The maximum atomic E-state index is 14.5. The summed E-state index contributed by atoms with van der Waals surface area (Å²) in [4.78, 5) is 0. The molecule has 1 aliphatic carbocycles. The largest absolute Gasteiger partial charge is 0.321 e. The summed E-state index contributed by atoms with van der Waals surface area (Å²) in [5.41, 5.74) is 6.05. The number of benzene rings is 1. The molecule has 1 fully saturated rings. The van der Waals surface area contributed by atoms with E-state index in [1.807, 2.05) is 0 Å². The van der Waals surface area contributed by atoms with Crippen LogP contribution in [0.3, 0.4) is 0 Å². The highest BCUT2D eigenvalue weighted by molar-refractivity contribution is 5.33. The predicted molar refractivity (Wildman–Crippen MR) is 78.4 cm³/mol. The van der Waals surface area contributed by atoms with E-state index in [0.717, 1.165) is 6.42 Å². The summed E-state index contributed by atoms with van der Waals surface area (Å²) < 4.78 is 28.7. The summed E-state index contributed by atoms with van der Waals surface area (Å²) in [6.07, 6.45) is 2.20. The summed E-state index contributed by atoms with van der Waals surface area (Å²) in [7, 11) is 0. The average molecular weight is 281 g/mol. The minimum Gasteiger partial charge on any atom is -0.321 e. The molecule has 1 saturated carbocycles. The van der Waals surface area contributed by atoms with E-state index in [1.165, 1.54) is 12.1 Å². The Hall–Kier alpha value is -0.960. The molecule has 2 N–H and O–H groups in total. The molecule has 112 valence electrons. The Labute approximate surface area is 120 Å². The predicted octanol–water partition coefficient (Wildman–Crippen LogP) is 4.66. The van der Waals surface area contributed by atoms with Gasteiger partial charge in [0, 0.05) is 11.1 Å². The highest BCUT2D eigenvalue weighted by Gasteiger charge is 2.48. The van der Waals surface area contributed by atoms with Crippen LogP contribution in [0, 0.1) is 29.4 Å². The third-order valence-corrected chi connectivity index (χ3v) is 4.33. The van der Waals surface area contributed by atoms with Gasteiger partial charge in [-0.05, 0) is 48.6 Å². The van der Waals surface area contributed by atoms with Gasteiger partial charge in [-0.15, -0.1) is 0 Å². The van der Waals surface area contributed by atoms with E-state index < -0.39 is 17.2 Å². The van der Waals surface area contributed by atoms with Crippen molar-refractivity contribution in [2.45, 2.75) is 59.4 Å². The van der Waals surface area contributed by atoms with Gasteiger partial charge >= 0.3 is 0 Å². The number of hydrogen-bond acceptors (Lipinski definition) is 1. The molecule has 0 unspecified atom stereocenters. The van der Waals surface area contributed by atoms with Crippen LogP contribution in [0.25, 0.3) is 0 Å². The molecule has 2 rings (SSSR count). The normalized spacial score (nSPS) is 23.6. The summed E-state index contributed by atoms with van der Waals surface area (Å²) >= 11 is 0. The maximum Gasteiger partial charge on any atom is 0.134 e. The van der Waals surface area contributed by atoms with E-state index in [1.54, 1.807) is 6.92 Å². The Bertz CT molecular complexity index is 516. The second-order valence-electron chi connectivity index (χ2n) is 8.07. The first-order valence-corrected chi connectivity index (χ1v) is 7.20. The fraction of sp³-hybridized carbons (Fsp3) is 0.647. The van der Waals surface area contributed by atoms with Crippen molar-refractivity contribution in [3.05, 3.63) is 34.9 Å². The van der Waals surface area contributed by atoms with Gasteiger partial charge < -0.3 is 5.73 Å². The van der Waals surface area contributed by atoms with Crippen LogP contribution in [-0.2, 0) is 5.54 Å². The van der Waals surface area contributed by atoms with E-state index in [0.29, 0.717) is 18.4 Å². The molecule has 3 heteroatoms. The highest BCUT2D eigenvalue weighted by Crippen LogP contribution is 2.53. The fourth-order valence-corrected chi connectivity index (χ4v) is 4.48. The van der Waals surface area contributed by atoms with Gasteiger partial charge in [0.15, 0.2) is 0 Å². The van der Waals surface area contributed by atoms with E-state index in [4.69, 9.17) is 5.73 Å². The van der Waals surface area contributed by atoms with Crippen LogP contribution in [0.4, 0.5) is 8.78 Å². The van der Waals surface area contributed by atoms with Crippen molar-refractivity contribution in [1.82, 2.24) is 0 Å². The number of nitrogens with two attached hydrogens (primary N) is 1. The minimum absolute atomic E-state index is 0.0286. The molecule has 0 heterocycles. The van der Waals surface area contributed by atoms with Crippen molar-refractivity contribution >= 4 is 0 Å². The Morgan fingerprint density at radius 1 is 0.950 bits per heavy atom. The Balaban J connectivity index is 2.58. The average Bonchev–Trinajstić information content (AvgIpc) is 2.18. The molecule has 1 aromatic carbocycles. The molecule has 1 aromatic rings. The van der Waals surface area contributed by atoms with Gasteiger partial charge in [0.2, 0.25) is 0 Å². The lowest BCUT2D eigenvalue weighted by molar-refractivity contribution is 0.0435. The van der Waals surface area contributed by atoms with Crippen LogP contribution < -0.4 is 5.73 Å². The second-order valence-corrected chi connectivity index (χ2v) is 8.07. The summed E-state index contributed by atoms with van der Waals surface area (Å²) in [6.45, 7) is 10.2. The van der Waals surface area contributed by atoms with Crippen molar-refractivity contribution in [2.75, 3.05) is 0 Å². The van der Waals surface area contributed by atoms with Crippen molar-refractivity contribution in [1.29, 1.82) is 0 Å². The number of hydrogen-bond donors (Lipinski definition) is 1. The van der Waals surface area contributed by atoms with Gasteiger partial charge in [-0.25, -0.2) is 8.78 Å². The van der Waals surface area contributed by atoms with Gasteiger partial charge in [0.25, 0.3) is 0 Å². The Kier molecular flexibility index (Phi) is 3.49. The summed E-state index contributed by atoms with van der Waals surface area (Å²) in [5.74, 6) is -1.01. The van der Waals surface area contributed by atoms with Crippen molar-refractivity contribution in [2.24, 2.45) is 16.6 Å². The maximum absolute atomic E-state index is 14.5. The molecule has 0 spiro atoms. The first kappa shape index (κ1) is 15.4. The molecule has 0 atom stereocenters. The molecule has 0 radical (unpaired) electrons. The van der Waals surface area contributed by atoms with Crippen LogP contribution in [0.15, 0.2) is 12.1 Å². The SMILES string of the molecule is Cc1ccc(F)c(C2(N)CC(C)(C)CC(C)(C)C2)c1F. The zero-order chi connectivity index (χ0) is 15.3. The van der Waals surface area contributed by atoms with Crippen molar-refractivity contribution in [3.63, 3.8) is 0 Å². The first-order valence-electron chi connectivity index (χ1n) is 7.20. The number of rotatable bonds is 1. The molecule has 0 bridgehead atoms. The first-order chi connectivity index (χ1) is 8.96. The lowest BCUT2D eigenvalue weighted by Gasteiger charge is -2.50. The van der Waals surface area contributed by atoms with Crippen LogP contribution in [0.5, 0.6) is 0 Å². The Morgan fingerprint density at radius 2 is 1.45 bits per heavy atom. The van der Waals surface area contributed by atoms with Gasteiger partial charge in [0.05, 0.1) is 0 Å². The van der Waals surface area contributed by atoms with E-state index in [-0.39, 0.29) is 16.4 Å². The van der Waals surface area contributed by atoms with Gasteiger partial charge in [-0.3, -0.25) is 0 Å². The molecular formula is C17H25F2N. The molecule has 1 aliphatic rings. The van der Waals surface area contributed by atoms with E-state index in [9.17, 15) is 8.78 Å². The molecule has 1 nitrogen and oxygen atoms in total. The summed E-state index contributed by atoms with van der Waals surface area (Å²) in [6, 6.07) is 2.80. The van der Waals surface area contributed by atoms with Crippen molar-refractivity contribution in [3.8, 4) is 0 Å². The van der Waals surface area contributed by atoms with Gasteiger partial charge in [-0.1, -0.05) is 33.8 Å². The zero-order valence-corrected chi connectivity index (χ0v) is 13.1. The number of halogens is 2. The monoisotopic (exact) mass is 281 g/mol. The van der Waals surface area contributed by atoms with E-state index in [2.05, 4.69) is 27.7 Å². The molecule has 0 saturated heterocycles. The lowest BCUT2D eigenvalue weighted by Crippen LogP contribution is -2.50. The van der Waals surface area contributed by atoms with Crippen LogP contribution in [0.2, 0.25) is 0 Å². The third-order valence-electron chi connectivity index (χ3n) is 4.33. The molecule has 0 aliphatic heterocycles. The van der Waals surface area contributed by atoms with Crippen LogP contribution in [-0.4, -0.2) is 0 Å². The van der Waals surface area contributed by atoms with Crippen LogP contribution in [0.1, 0.15) is 58.1 Å². The van der Waals surface area contributed by atoms with Gasteiger partial charge in [0.1, 0.15) is 11.6 Å². The minimum atomic E-state index is -0.939. The highest BCUT2D eigenvalue weighted by atomic mass is 19.1. The molecule has 0 aromatic heterocycles. The second kappa shape index (κ2) is 4.52. The van der Waals surface area contributed by atoms with Crippen molar-refractivity contribution < 1.29 is 8.78 Å².